The van der Waals surface area contributed by atoms with Gasteiger partial charge >= 0.3 is 11.9 Å². The molecule has 2 atom stereocenters. The van der Waals surface area contributed by atoms with Crippen LogP contribution >= 0.6 is 11.8 Å². The topological polar surface area (TPSA) is 86.6 Å². The van der Waals surface area contributed by atoms with Crippen LogP contribution in [0.15, 0.2) is 0 Å². The monoisotopic (exact) mass is 205 g/mol. The van der Waals surface area contributed by atoms with Crippen molar-refractivity contribution in [3.8, 4) is 0 Å². The Kier molecular flexibility index (Phi) is 2.53. The number of nitrogens with one attached hydrogen (secondary N) is 1. The minimum Gasteiger partial charge on any atom is -0.480 e. The fourth-order valence-corrected chi connectivity index (χ4v) is 2.47. The second-order valence-electron chi connectivity index (χ2n) is 3.38. The number of rotatable bonds is 2. The molecule has 1 fully saturated rings. The lowest BCUT2D eigenvalue weighted by atomic mass is 10.0. The first-order chi connectivity index (χ1) is 5.84. The van der Waals surface area contributed by atoms with Crippen LogP contribution in [0, 0.1) is 0 Å². The lowest BCUT2D eigenvalue weighted by molar-refractivity contribution is -0.140. The van der Waals surface area contributed by atoms with E-state index >= 15 is 0 Å². The largest absolute Gasteiger partial charge is 0.480 e. The first-order valence-corrected chi connectivity index (χ1v) is 4.62. The molecule has 0 saturated carbocycles. The van der Waals surface area contributed by atoms with E-state index in [9.17, 15) is 9.59 Å². The van der Waals surface area contributed by atoms with Gasteiger partial charge in [0, 0.05) is 4.75 Å². The number of hydrogen-bond donors (Lipinski definition) is 3. The number of aliphatic carboxylic acids is 2. The molecule has 1 aliphatic rings. The van der Waals surface area contributed by atoms with E-state index in [0.717, 1.165) is 11.8 Å². The lowest BCUT2D eigenvalue weighted by Gasteiger charge is -2.20. The van der Waals surface area contributed by atoms with Crippen molar-refractivity contribution in [3.05, 3.63) is 0 Å². The number of carboxylic acids is 2. The van der Waals surface area contributed by atoms with Gasteiger partial charge in [-0.15, -0.1) is 11.8 Å². The Hall–Kier alpha value is -0.750. The zero-order valence-corrected chi connectivity index (χ0v) is 8.09. The van der Waals surface area contributed by atoms with Crippen molar-refractivity contribution in [2.24, 2.45) is 0 Å². The van der Waals surface area contributed by atoms with Gasteiger partial charge in [0.05, 0.1) is 0 Å². The molecule has 0 aromatic heterocycles. The summed E-state index contributed by atoms with van der Waals surface area (Å²) in [5.41, 5.74) is 0. The summed E-state index contributed by atoms with van der Waals surface area (Å²) in [6.07, 6.45) is 0. The minimum absolute atomic E-state index is 0.588. The number of thioether (sulfide) groups is 1. The van der Waals surface area contributed by atoms with Gasteiger partial charge in [-0.05, 0) is 13.8 Å². The first kappa shape index (κ1) is 10.3. The van der Waals surface area contributed by atoms with Crippen LogP contribution in [0.5, 0.6) is 0 Å². The van der Waals surface area contributed by atoms with Gasteiger partial charge in [-0.1, -0.05) is 0 Å². The third-order valence-corrected chi connectivity index (χ3v) is 3.32. The molecule has 1 saturated heterocycles. The Morgan fingerprint density at radius 1 is 1.31 bits per heavy atom. The first-order valence-electron chi connectivity index (χ1n) is 3.74. The second-order valence-corrected chi connectivity index (χ2v) is 5.14. The Labute approximate surface area is 79.5 Å². The maximum Gasteiger partial charge on any atom is 0.331 e. The second kappa shape index (κ2) is 3.19. The summed E-state index contributed by atoms with van der Waals surface area (Å²) in [6.45, 7) is 3.43. The van der Waals surface area contributed by atoms with Crippen LogP contribution in [-0.4, -0.2) is 38.3 Å². The summed E-state index contributed by atoms with van der Waals surface area (Å²) in [5.74, 6) is -2.04. The Balaban J connectivity index is 2.79. The molecule has 0 radical (unpaired) electrons. The van der Waals surface area contributed by atoms with Gasteiger partial charge in [-0.25, -0.2) is 4.79 Å². The molecule has 3 N–H and O–H groups in total. The molecule has 0 aliphatic carbocycles. The fourth-order valence-electron chi connectivity index (χ4n) is 1.25. The van der Waals surface area contributed by atoms with Crippen molar-refractivity contribution in [1.82, 2.24) is 5.32 Å². The van der Waals surface area contributed by atoms with Crippen molar-refractivity contribution in [2.75, 3.05) is 0 Å². The Morgan fingerprint density at radius 3 is 2.08 bits per heavy atom. The predicted octanol–water partition coefficient (Wildman–Crippen LogP) is -0.0347. The molecule has 0 spiro atoms. The van der Waals surface area contributed by atoms with Crippen molar-refractivity contribution in [2.45, 2.75) is 30.0 Å². The van der Waals surface area contributed by atoms with Crippen LogP contribution in [0.1, 0.15) is 13.8 Å². The van der Waals surface area contributed by atoms with Gasteiger partial charge in [0.2, 0.25) is 0 Å². The smallest absolute Gasteiger partial charge is 0.331 e. The summed E-state index contributed by atoms with van der Waals surface area (Å²) in [4.78, 5) is 21.3. The van der Waals surface area contributed by atoms with Gasteiger partial charge in [0.25, 0.3) is 0 Å². The zero-order valence-electron chi connectivity index (χ0n) is 7.27. The lowest BCUT2D eigenvalue weighted by Crippen LogP contribution is -2.45. The fraction of sp³-hybridized carbons (Fsp3) is 0.714. The summed E-state index contributed by atoms with van der Waals surface area (Å²) >= 11 is 1.12. The number of carbonyl (C=O) groups is 2. The molecule has 6 heteroatoms. The van der Waals surface area contributed by atoms with Gasteiger partial charge in [0.1, 0.15) is 6.04 Å². The molecule has 0 aromatic carbocycles. The highest BCUT2D eigenvalue weighted by Crippen LogP contribution is 2.37. The van der Waals surface area contributed by atoms with Crippen molar-refractivity contribution < 1.29 is 19.8 Å². The van der Waals surface area contributed by atoms with Gasteiger partial charge in [-0.2, -0.15) is 0 Å². The van der Waals surface area contributed by atoms with E-state index in [4.69, 9.17) is 10.2 Å². The van der Waals surface area contributed by atoms with Crippen LogP contribution < -0.4 is 5.32 Å². The molecule has 1 rings (SSSR count). The molecule has 0 amide bonds. The molecule has 0 bridgehead atoms. The SMILES string of the molecule is CC1(C)SC(C(=O)O)NC1C(=O)O. The average Bonchev–Trinajstić information content (AvgIpc) is 2.25. The van der Waals surface area contributed by atoms with Gasteiger partial charge in [-0.3, -0.25) is 10.1 Å². The van der Waals surface area contributed by atoms with E-state index in [1.165, 1.54) is 0 Å². The Morgan fingerprint density at radius 2 is 1.85 bits per heavy atom. The zero-order chi connectivity index (χ0) is 10.2. The predicted molar refractivity (Wildman–Crippen MR) is 47.7 cm³/mol. The van der Waals surface area contributed by atoms with Crippen molar-refractivity contribution in [1.29, 1.82) is 0 Å². The molecule has 1 aliphatic heterocycles. The van der Waals surface area contributed by atoms with E-state index in [1.54, 1.807) is 13.8 Å². The normalized spacial score (nSPS) is 31.5. The molecule has 1 heterocycles. The van der Waals surface area contributed by atoms with Crippen LogP contribution in [0.3, 0.4) is 0 Å². The standard InChI is InChI=1S/C7H11NO4S/c1-7(2)3(5(9)10)8-4(13-7)6(11)12/h3-4,8H,1-2H3,(H,9,10)(H,11,12). The van der Waals surface area contributed by atoms with E-state index in [2.05, 4.69) is 5.32 Å². The van der Waals surface area contributed by atoms with Gasteiger partial charge < -0.3 is 10.2 Å². The summed E-state index contributed by atoms with van der Waals surface area (Å²) in [6, 6.07) is -0.807. The molecular formula is C7H11NO4S. The van der Waals surface area contributed by atoms with Crippen LogP contribution in [-0.2, 0) is 9.59 Å². The molecule has 0 aromatic rings. The third-order valence-electron chi connectivity index (χ3n) is 1.91. The maximum absolute atomic E-state index is 10.7. The quantitative estimate of drug-likeness (QED) is 0.586. The van der Waals surface area contributed by atoms with E-state index in [0.29, 0.717) is 0 Å². The highest BCUT2D eigenvalue weighted by Gasteiger charge is 2.47. The third kappa shape index (κ3) is 1.94. The van der Waals surface area contributed by atoms with Crippen molar-refractivity contribution in [3.63, 3.8) is 0 Å². The van der Waals surface area contributed by atoms with E-state index in [1.807, 2.05) is 0 Å². The minimum atomic E-state index is -1.03. The molecule has 5 nitrogen and oxygen atoms in total. The summed E-state index contributed by atoms with van der Waals surface area (Å²) < 4.78 is -0.588. The average molecular weight is 205 g/mol. The van der Waals surface area contributed by atoms with E-state index in [-0.39, 0.29) is 0 Å². The van der Waals surface area contributed by atoms with Crippen LogP contribution in [0.25, 0.3) is 0 Å². The molecular weight excluding hydrogens is 194 g/mol. The van der Waals surface area contributed by atoms with Crippen molar-refractivity contribution >= 4 is 23.7 Å². The van der Waals surface area contributed by atoms with Crippen LogP contribution in [0.4, 0.5) is 0 Å². The summed E-state index contributed by atoms with van der Waals surface area (Å²) in [5, 5.41) is 19.2. The maximum atomic E-state index is 10.7. The molecule has 13 heavy (non-hydrogen) atoms. The highest BCUT2D eigenvalue weighted by atomic mass is 32.2. The van der Waals surface area contributed by atoms with E-state index < -0.39 is 28.1 Å². The highest BCUT2D eigenvalue weighted by molar-refractivity contribution is 8.02. The summed E-state index contributed by atoms with van der Waals surface area (Å²) in [7, 11) is 0. The molecule has 74 valence electrons. The number of hydrogen-bond acceptors (Lipinski definition) is 4. The Bertz CT molecular complexity index is 253. The van der Waals surface area contributed by atoms with Crippen LogP contribution in [0.2, 0.25) is 0 Å². The van der Waals surface area contributed by atoms with Gasteiger partial charge in [0.15, 0.2) is 5.37 Å². The molecule has 2 unspecified atom stereocenters. The number of carboxylic acid groups (broad SMARTS) is 2.